The Balaban J connectivity index is 2.08. The number of hydrogen-bond donors (Lipinski definition) is 0. The van der Waals surface area contributed by atoms with Crippen molar-refractivity contribution in [2.24, 2.45) is 5.41 Å². The van der Waals surface area contributed by atoms with Gasteiger partial charge in [-0.15, -0.1) is 0 Å². The minimum absolute atomic E-state index is 0.0297. The highest BCUT2D eigenvalue weighted by Gasteiger charge is 2.43. The Morgan fingerprint density at radius 3 is 2.53 bits per heavy atom. The summed E-state index contributed by atoms with van der Waals surface area (Å²) in [6.07, 6.45) is -2.77. The lowest BCUT2D eigenvalue weighted by molar-refractivity contribution is -0.140. The van der Waals surface area contributed by atoms with E-state index in [0.29, 0.717) is 12.5 Å². The molecule has 1 aliphatic carbocycles. The van der Waals surface area contributed by atoms with Crippen LogP contribution in [0.2, 0.25) is 0 Å². The fourth-order valence-corrected chi connectivity index (χ4v) is 1.76. The molecule has 2 rings (SSSR count). The van der Waals surface area contributed by atoms with Gasteiger partial charge in [-0.05, 0) is 31.0 Å². The molecule has 1 aromatic carbocycles. The van der Waals surface area contributed by atoms with E-state index >= 15 is 0 Å². The normalized spacial score (nSPS) is 16.8. The standard InChI is InChI=1S/C13H11F4NO/c14-11-2-1-9(7-10(11)13(15,16)17)19-8-12(3-4-12)5-6-18/h1-2,7H,3-5,8H2. The van der Waals surface area contributed by atoms with Crippen LogP contribution in [-0.2, 0) is 6.18 Å². The molecule has 102 valence electrons. The molecule has 0 heterocycles. The number of ether oxygens (including phenoxy) is 1. The van der Waals surface area contributed by atoms with E-state index in [0.717, 1.165) is 25.0 Å². The van der Waals surface area contributed by atoms with E-state index in [1.54, 1.807) is 0 Å². The number of alkyl halides is 3. The highest BCUT2D eigenvalue weighted by Crippen LogP contribution is 2.48. The second kappa shape index (κ2) is 4.72. The molecule has 1 fully saturated rings. The SMILES string of the molecule is N#CCC1(COc2ccc(F)c(C(F)(F)F)c2)CC1. The first kappa shape index (κ1) is 13.7. The Kier molecular flexibility index (Phi) is 3.40. The first-order valence-corrected chi connectivity index (χ1v) is 5.73. The molecule has 0 aromatic heterocycles. The quantitative estimate of drug-likeness (QED) is 0.779. The van der Waals surface area contributed by atoms with Gasteiger partial charge >= 0.3 is 6.18 Å². The maximum atomic E-state index is 13.1. The Hall–Kier alpha value is -1.77. The number of halogens is 4. The smallest absolute Gasteiger partial charge is 0.419 e. The Bertz CT molecular complexity index is 514. The van der Waals surface area contributed by atoms with E-state index in [2.05, 4.69) is 0 Å². The third-order valence-corrected chi connectivity index (χ3v) is 3.20. The van der Waals surface area contributed by atoms with Crippen molar-refractivity contribution in [3.05, 3.63) is 29.6 Å². The van der Waals surface area contributed by atoms with E-state index in [1.165, 1.54) is 0 Å². The van der Waals surface area contributed by atoms with Gasteiger partial charge in [-0.3, -0.25) is 0 Å². The van der Waals surface area contributed by atoms with Crippen LogP contribution in [0.15, 0.2) is 18.2 Å². The number of nitriles is 1. The van der Waals surface area contributed by atoms with Gasteiger partial charge in [-0.25, -0.2) is 4.39 Å². The summed E-state index contributed by atoms with van der Waals surface area (Å²) in [5, 5.41) is 8.62. The summed E-state index contributed by atoms with van der Waals surface area (Å²) in [6.45, 7) is 0.184. The molecule has 0 N–H and O–H groups in total. The van der Waals surface area contributed by atoms with Gasteiger partial charge < -0.3 is 4.74 Å². The summed E-state index contributed by atoms with van der Waals surface area (Å²) < 4.78 is 55.8. The van der Waals surface area contributed by atoms with E-state index in [-0.39, 0.29) is 17.8 Å². The van der Waals surface area contributed by atoms with Crippen LogP contribution >= 0.6 is 0 Å². The lowest BCUT2D eigenvalue weighted by Gasteiger charge is -2.14. The molecular weight excluding hydrogens is 262 g/mol. The average molecular weight is 273 g/mol. The first-order valence-electron chi connectivity index (χ1n) is 5.73. The molecule has 19 heavy (non-hydrogen) atoms. The summed E-state index contributed by atoms with van der Waals surface area (Å²) in [5.74, 6) is -1.35. The molecule has 0 unspecified atom stereocenters. The van der Waals surface area contributed by atoms with E-state index in [4.69, 9.17) is 10.00 Å². The van der Waals surface area contributed by atoms with Crippen molar-refractivity contribution in [1.29, 1.82) is 5.26 Å². The predicted octanol–water partition coefficient (Wildman–Crippen LogP) is 3.92. The minimum Gasteiger partial charge on any atom is -0.493 e. The summed E-state index contributed by atoms with van der Waals surface area (Å²) in [7, 11) is 0. The lowest BCUT2D eigenvalue weighted by Crippen LogP contribution is -2.13. The molecular formula is C13H11F4NO. The summed E-state index contributed by atoms with van der Waals surface area (Å²) in [4.78, 5) is 0. The van der Waals surface area contributed by atoms with Crippen molar-refractivity contribution in [2.45, 2.75) is 25.4 Å². The molecule has 0 saturated heterocycles. The molecule has 6 heteroatoms. The van der Waals surface area contributed by atoms with Crippen LogP contribution in [0, 0.1) is 22.6 Å². The fourth-order valence-electron chi connectivity index (χ4n) is 1.76. The van der Waals surface area contributed by atoms with Crippen LogP contribution in [0.25, 0.3) is 0 Å². The molecule has 1 aromatic rings. The Labute approximate surface area is 107 Å². The monoisotopic (exact) mass is 273 g/mol. The van der Waals surface area contributed by atoms with Crippen molar-refractivity contribution in [2.75, 3.05) is 6.61 Å². The van der Waals surface area contributed by atoms with Crippen molar-refractivity contribution >= 4 is 0 Å². The molecule has 0 atom stereocenters. The molecule has 0 aliphatic heterocycles. The van der Waals surface area contributed by atoms with Gasteiger partial charge in [0.05, 0.1) is 18.2 Å². The largest absolute Gasteiger partial charge is 0.493 e. The predicted molar refractivity (Wildman–Crippen MR) is 58.8 cm³/mol. The van der Waals surface area contributed by atoms with E-state index in [9.17, 15) is 17.6 Å². The second-order valence-electron chi connectivity index (χ2n) is 4.76. The fraction of sp³-hybridized carbons (Fsp3) is 0.462. The maximum Gasteiger partial charge on any atom is 0.419 e. The van der Waals surface area contributed by atoms with Gasteiger partial charge in [0.1, 0.15) is 11.6 Å². The van der Waals surface area contributed by atoms with Crippen LogP contribution in [0.1, 0.15) is 24.8 Å². The zero-order chi connectivity index (χ0) is 14.1. The first-order chi connectivity index (χ1) is 8.86. The number of hydrogen-bond acceptors (Lipinski definition) is 2. The van der Waals surface area contributed by atoms with Crippen LogP contribution in [-0.4, -0.2) is 6.61 Å². The van der Waals surface area contributed by atoms with Crippen LogP contribution < -0.4 is 4.74 Å². The van der Waals surface area contributed by atoms with Gasteiger partial charge in [-0.2, -0.15) is 18.4 Å². The lowest BCUT2D eigenvalue weighted by atomic mass is 10.1. The zero-order valence-corrected chi connectivity index (χ0v) is 9.93. The summed E-state index contributed by atoms with van der Waals surface area (Å²) in [6, 6.07) is 4.58. The number of rotatable bonds is 4. The molecule has 0 amide bonds. The van der Waals surface area contributed by atoms with Crippen LogP contribution in [0.5, 0.6) is 5.75 Å². The second-order valence-corrected chi connectivity index (χ2v) is 4.76. The summed E-state index contributed by atoms with van der Waals surface area (Å²) >= 11 is 0. The van der Waals surface area contributed by atoms with Gasteiger partial charge in [0, 0.05) is 11.8 Å². The third kappa shape index (κ3) is 3.16. The maximum absolute atomic E-state index is 13.1. The number of nitrogens with zero attached hydrogens (tertiary/aromatic N) is 1. The van der Waals surface area contributed by atoms with Gasteiger partial charge in [0.15, 0.2) is 0 Å². The molecule has 1 aliphatic rings. The highest BCUT2D eigenvalue weighted by molar-refractivity contribution is 5.31. The molecule has 2 nitrogen and oxygen atoms in total. The van der Waals surface area contributed by atoms with Gasteiger partial charge in [0.25, 0.3) is 0 Å². The Morgan fingerprint density at radius 2 is 2.00 bits per heavy atom. The van der Waals surface area contributed by atoms with Gasteiger partial charge in [0.2, 0.25) is 0 Å². The van der Waals surface area contributed by atoms with Crippen LogP contribution in [0.3, 0.4) is 0 Å². The van der Waals surface area contributed by atoms with Crippen molar-refractivity contribution in [1.82, 2.24) is 0 Å². The third-order valence-electron chi connectivity index (χ3n) is 3.20. The molecule has 0 spiro atoms. The minimum atomic E-state index is -4.74. The molecule has 1 saturated carbocycles. The van der Waals surface area contributed by atoms with Crippen molar-refractivity contribution in [3.63, 3.8) is 0 Å². The highest BCUT2D eigenvalue weighted by atomic mass is 19.4. The molecule has 0 bridgehead atoms. The summed E-state index contributed by atoms with van der Waals surface area (Å²) in [5.41, 5.74) is -1.57. The Morgan fingerprint density at radius 1 is 1.32 bits per heavy atom. The molecule has 0 radical (unpaired) electrons. The van der Waals surface area contributed by atoms with Crippen LogP contribution in [0.4, 0.5) is 17.6 Å². The topological polar surface area (TPSA) is 33.0 Å². The zero-order valence-electron chi connectivity index (χ0n) is 9.93. The van der Waals surface area contributed by atoms with E-state index in [1.807, 2.05) is 6.07 Å². The van der Waals surface area contributed by atoms with Crippen molar-refractivity contribution in [3.8, 4) is 11.8 Å². The average Bonchev–Trinajstić information content (AvgIpc) is 3.07. The van der Waals surface area contributed by atoms with Gasteiger partial charge in [-0.1, -0.05) is 0 Å². The number of benzene rings is 1. The van der Waals surface area contributed by atoms with Crippen molar-refractivity contribution < 1.29 is 22.3 Å². The van der Waals surface area contributed by atoms with E-state index < -0.39 is 17.6 Å².